The molecule has 0 bridgehead atoms. The zero-order valence-corrected chi connectivity index (χ0v) is 10.8. The third-order valence-corrected chi connectivity index (χ3v) is 3.52. The highest BCUT2D eigenvalue weighted by Crippen LogP contribution is 2.24. The van der Waals surface area contributed by atoms with Crippen molar-refractivity contribution in [3.63, 3.8) is 0 Å². The number of hydrogen-bond acceptors (Lipinski definition) is 1. The van der Waals surface area contributed by atoms with Gasteiger partial charge in [-0.2, -0.15) is 0 Å². The van der Waals surface area contributed by atoms with Crippen LogP contribution in [0.1, 0.15) is 31.7 Å². The molecule has 1 aromatic carbocycles. The molecule has 1 nitrogen and oxygen atoms in total. The van der Waals surface area contributed by atoms with Crippen molar-refractivity contribution < 1.29 is 4.79 Å². The molecule has 0 fully saturated rings. The third kappa shape index (κ3) is 3.44. The van der Waals surface area contributed by atoms with Crippen molar-refractivity contribution in [3.05, 3.63) is 46.5 Å². The summed E-state index contributed by atoms with van der Waals surface area (Å²) >= 11 is 5.91. The predicted octanol–water partition coefficient (Wildman–Crippen LogP) is 4.20. The van der Waals surface area contributed by atoms with E-state index in [0.717, 1.165) is 36.3 Å². The van der Waals surface area contributed by atoms with Crippen molar-refractivity contribution in [2.75, 3.05) is 0 Å². The van der Waals surface area contributed by atoms with Gasteiger partial charge in [-0.3, -0.25) is 4.79 Å². The molecular weight excluding hydrogens is 232 g/mol. The highest BCUT2D eigenvalue weighted by atomic mass is 35.5. The predicted molar refractivity (Wildman–Crippen MR) is 71.3 cm³/mol. The molecule has 0 saturated carbocycles. The van der Waals surface area contributed by atoms with E-state index >= 15 is 0 Å². The average Bonchev–Trinajstić information content (AvgIpc) is 2.29. The van der Waals surface area contributed by atoms with Crippen LogP contribution in [0, 0.1) is 5.92 Å². The maximum Gasteiger partial charge on any atom is 0.162 e. The summed E-state index contributed by atoms with van der Waals surface area (Å²) in [6.45, 7) is 2.23. The van der Waals surface area contributed by atoms with Gasteiger partial charge in [0.2, 0.25) is 0 Å². The molecular formula is C15H17ClO. The number of ketones is 1. The molecule has 2 rings (SSSR count). The zero-order chi connectivity index (χ0) is 12.3. The Morgan fingerprint density at radius 3 is 2.94 bits per heavy atom. The number of Topliss-reactive ketones (excluding diaryl/α,β-unsaturated/α-hetero) is 1. The van der Waals surface area contributed by atoms with Crippen molar-refractivity contribution in [2.24, 2.45) is 5.92 Å². The normalized spacial score (nSPS) is 19.9. The van der Waals surface area contributed by atoms with Gasteiger partial charge in [0.05, 0.1) is 0 Å². The minimum absolute atomic E-state index is 0.249. The number of allylic oxidation sites excluding steroid dienone is 2. The van der Waals surface area contributed by atoms with Gasteiger partial charge in [-0.1, -0.05) is 36.7 Å². The summed E-state index contributed by atoms with van der Waals surface area (Å²) in [6, 6.07) is 7.54. The van der Waals surface area contributed by atoms with E-state index in [9.17, 15) is 4.79 Å². The highest BCUT2D eigenvalue weighted by molar-refractivity contribution is 6.30. The lowest BCUT2D eigenvalue weighted by Crippen LogP contribution is -2.11. The van der Waals surface area contributed by atoms with Gasteiger partial charge in [0.15, 0.2) is 5.78 Å². The van der Waals surface area contributed by atoms with E-state index in [1.54, 1.807) is 0 Å². The SMILES string of the molecule is CC1CC=C(C(=O)Cc2cccc(Cl)c2)CC1. The summed E-state index contributed by atoms with van der Waals surface area (Å²) in [4.78, 5) is 12.1. The molecule has 0 radical (unpaired) electrons. The molecule has 1 aliphatic carbocycles. The summed E-state index contributed by atoms with van der Waals surface area (Å²) in [7, 11) is 0. The first-order chi connectivity index (χ1) is 8.15. The van der Waals surface area contributed by atoms with Crippen LogP contribution in [0.25, 0.3) is 0 Å². The first-order valence-electron chi connectivity index (χ1n) is 6.12. The Labute approximate surface area is 107 Å². The third-order valence-electron chi connectivity index (χ3n) is 3.28. The quantitative estimate of drug-likeness (QED) is 0.784. The van der Waals surface area contributed by atoms with Gasteiger partial charge in [0.1, 0.15) is 0 Å². The molecule has 17 heavy (non-hydrogen) atoms. The Balaban J connectivity index is 2.02. The number of hydrogen-bond donors (Lipinski definition) is 0. The maximum absolute atomic E-state index is 12.1. The summed E-state index contributed by atoms with van der Waals surface area (Å²) < 4.78 is 0. The van der Waals surface area contributed by atoms with Crippen molar-refractivity contribution >= 4 is 17.4 Å². The molecule has 90 valence electrons. The van der Waals surface area contributed by atoms with Crippen LogP contribution in [0.3, 0.4) is 0 Å². The molecule has 2 heteroatoms. The second kappa shape index (κ2) is 5.50. The fourth-order valence-electron chi connectivity index (χ4n) is 2.16. The van der Waals surface area contributed by atoms with Gasteiger partial charge >= 0.3 is 0 Å². The summed E-state index contributed by atoms with van der Waals surface area (Å²) in [5, 5.41) is 0.696. The van der Waals surface area contributed by atoms with Crippen LogP contribution in [0.15, 0.2) is 35.9 Å². The Hall–Kier alpha value is -1.08. The Kier molecular flexibility index (Phi) is 4.01. The van der Waals surface area contributed by atoms with Gasteiger partial charge in [0.25, 0.3) is 0 Å². The lowest BCUT2D eigenvalue weighted by molar-refractivity contribution is -0.115. The Morgan fingerprint density at radius 2 is 2.29 bits per heavy atom. The second-order valence-corrected chi connectivity index (χ2v) is 5.28. The standard InChI is InChI=1S/C15H17ClO/c1-11-5-7-13(8-6-11)15(17)10-12-3-2-4-14(16)9-12/h2-4,7,9,11H,5-6,8,10H2,1H3. The largest absolute Gasteiger partial charge is 0.294 e. The maximum atomic E-state index is 12.1. The number of carbonyl (C=O) groups excluding carboxylic acids is 1. The van der Waals surface area contributed by atoms with E-state index in [4.69, 9.17) is 11.6 Å². The van der Waals surface area contributed by atoms with Crippen molar-refractivity contribution in [1.29, 1.82) is 0 Å². The Bertz CT molecular complexity index is 448. The van der Waals surface area contributed by atoms with Gasteiger partial charge in [-0.25, -0.2) is 0 Å². The van der Waals surface area contributed by atoms with E-state index in [0.29, 0.717) is 11.4 Å². The Morgan fingerprint density at radius 1 is 1.47 bits per heavy atom. The molecule has 0 amide bonds. The molecule has 1 aromatic rings. The van der Waals surface area contributed by atoms with Gasteiger partial charge in [0, 0.05) is 11.4 Å². The van der Waals surface area contributed by atoms with E-state index in [1.807, 2.05) is 24.3 Å². The molecule has 0 N–H and O–H groups in total. The van der Waals surface area contributed by atoms with Gasteiger partial charge < -0.3 is 0 Å². The molecule has 0 heterocycles. The van der Waals surface area contributed by atoms with Crippen LogP contribution in [0.4, 0.5) is 0 Å². The van der Waals surface area contributed by atoms with Crippen LogP contribution < -0.4 is 0 Å². The molecule has 0 saturated heterocycles. The van der Waals surface area contributed by atoms with E-state index in [1.165, 1.54) is 0 Å². The first-order valence-corrected chi connectivity index (χ1v) is 6.49. The monoisotopic (exact) mass is 248 g/mol. The van der Waals surface area contributed by atoms with Gasteiger partial charge in [-0.15, -0.1) is 0 Å². The molecule has 0 aliphatic heterocycles. The van der Waals surface area contributed by atoms with Crippen molar-refractivity contribution in [1.82, 2.24) is 0 Å². The number of carbonyl (C=O) groups is 1. The number of halogens is 1. The fourth-order valence-corrected chi connectivity index (χ4v) is 2.38. The molecule has 1 atom stereocenters. The van der Waals surface area contributed by atoms with Crippen LogP contribution in [-0.4, -0.2) is 5.78 Å². The fraction of sp³-hybridized carbons (Fsp3) is 0.400. The molecule has 0 spiro atoms. The first kappa shape index (κ1) is 12.4. The average molecular weight is 249 g/mol. The van der Waals surface area contributed by atoms with E-state index < -0.39 is 0 Å². The summed E-state index contributed by atoms with van der Waals surface area (Å²) in [5.41, 5.74) is 2.00. The van der Waals surface area contributed by atoms with E-state index in [-0.39, 0.29) is 5.78 Å². The summed E-state index contributed by atoms with van der Waals surface area (Å²) in [6.07, 6.45) is 5.69. The van der Waals surface area contributed by atoms with Crippen LogP contribution in [0.2, 0.25) is 5.02 Å². The van der Waals surface area contributed by atoms with Crippen molar-refractivity contribution in [3.8, 4) is 0 Å². The van der Waals surface area contributed by atoms with Crippen LogP contribution in [-0.2, 0) is 11.2 Å². The zero-order valence-electron chi connectivity index (χ0n) is 10.1. The molecule has 1 aliphatic rings. The highest BCUT2D eigenvalue weighted by Gasteiger charge is 2.16. The van der Waals surface area contributed by atoms with Crippen LogP contribution in [0.5, 0.6) is 0 Å². The lowest BCUT2D eigenvalue weighted by atomic mass is 9.88. The molecule has 0 aromatic heterocycles. The number of rotatable bonds is 3. The van der Waals surface area contributed by atoms with Gasteiger partial charge in [-0.05, 0) is 48.4 Å². The van der Waals surface area contributed by atoms with Crippen molar-refractivity contribution in [2.45, 2.75) is 32.6 Å². The minimum Gasteiger partial charge on any atom is -0.294 e. The lowest BCUT2D eigenvalue weighted by Gasteiger charge is -2.17. The number of benzene rings is 1. The van der Waals surface area contributed by atoms with Crippen LogP contribution >= 0.6 is 11.6 Å². The smallest absolute Gasteiger partial charge is 0.162 e. The van der Waals surface area contributed by atoms with E-state index in [2.05, 4.69) is 13.0 Å². The minimum atomic E-state index is 0.249. The second-order valence-electron chi connectivity index (χ2n) is 4.84. The molecule has 1 unspecified atom stereocenters. The summed E-state index contributed by atoms with van der Waals surface area (Å²) in [5.74, 6) is 0.969. The topological polar surface area (TPSA) is 17.1 Å².